The second kappa shape index (κ2) is 8.71. The zero-order valence-corrected chi connectivity index (χ0v) is 16.8. The van der Waals surface area contributed by atoms with E-state index >= 15 is 0 Å². The first-order valence-electron chi connectivity index (χ1n) is 9.70. The molecule has 1 aliphatic heterocycles. The Balaban J connectivity index is 1.71. The van der Waals surface area contributed by atoms with Crippen LogP contribution in [0.1, 0.15) is 57.0 Å². The third-order valence-electron chi connectivity index (χ3n) is 5.76. The summed E-state index contributed by atoms with van der Waals surface area (Å²) in [5.74, 6) is 1.01. The first-order valence-corrected chi connectivity index (χ1v) is 10.6. The van der Waals surface area contributed by atoms with Crippen LogP contribution in [0.15, 0.2) is 36.2 Å². The molecule has 0 radical (unpaired) electrons. The second-order valence-electron chi connectivity index (χ2n) is 7.31. The average molecular weight is 375 g/mol. The Labute approximate surface area is 160 Å². The third kappa shape index (κ3) is 4.11. The van der Waals surface area contributed by atoms with E-state index in [2.05, 4.69) is 53.2 Å². The fraction of sp³-hybridized carbons (Fsp3) is 0.600. The molecular weight excluding hydrogens is 344 g/mol. The van der Waals surface area contributed by atoms with Gasteiger partial charge in [-0.15, -0.1) is 11.3 Å². The third-order valence-corrected chi connectivity index (χ3v) is 6.72. The lowest BCUT2D eigenvalue weighted by Crippen LogP contribution is -2.49. The van der Waals surface area contributed by atoms with Gasteiger partial charge >= 0.3 is 6.03 Å². The van der Waals surface area contributed by atoms with E-state index in [1.54, 1.807) is 11.3 Å². The van der Waals surface area contributed by atoms with E-state index in [1.165, 1.54) is 4.88 Å². The van der Waals surface area contributed by atoms with Crippen LogP contribution >= 0.6 is 11.3 Å². The summed E-state index contributed by atoms with van der Waals surface area (Å²) < 4.78 is 2.14. The molecule has 0 aromatic carbocycles. The molecule has 0 aliphatic carbocycles. The summed E-state index contributed by atoms with van der Waals surface area (Å²) in [5, 5.41) is 5.44. The van der Waals surface area contributed by atoms with Crippen molar-refractivity contribution < 1.29 is 4.79 Å². The van der Waals surface area contributed by atoms with Crippen molar-refractivity contribution in [1.82, 2.24) is 19.8 Å². The molecule has 1 N–H and O–H groups in total. The van der Waals surface area contributed by atoms with Gasteiger partial charge in [-0.2, -0.15) is 0 Å². The second-order valence-corrected chi connectivity index (χ2v) is 8.29. The number of urea groups is 1. The minimum atomic E-state index is 0.0623. The van der Waals surface area contributed by atoms with E-state index in [-0.39, 0.29) is 12.1 Å². The highest BCUT2D eigenvalue weighted by Gasteiger charge is 2.32. The van der Waals surface area contributed by atoms with Gasteiger partial charge in [-0.1, -0.05) is 39.7 Å². The maximum Gasteiger partial charge on any atom is 0.317 e. The van der Waals surface area contributed by atoms with E-state index in [0.29, 0.717) is 17.9 Å². The number of rotatable bonds is 6. The molecule has 26 heavy (non-hydrogen) atoms. The Bertz CT molecular complexity index is 666. The van der Waals surface area contributed by atoms with Gasteiger partial charge in [0.25, 0.3) is 0 Å². The average Bonchev–Trinajstić information content (AvgIpc) is 3.36. The largest absolute Gasteiger partial charge is 0.332 e. The summed E-state index contributed by atoms with van der Waals surface area (Å²) >= 11 is 1.73. The predicted molar refractivity (Wildman–Crippen MR) is 106 cm³/mol. The molecule has 0 bridgehead atoms. The SMILES string of the molecule is CCC(CC)C(NC(=O)N1CCC(C)C(n2ccnc2)C1)c1cccs1. The lowest BCUT2D eigenvalue weighted by molar-refractivity contribution is 0.135. The van der Waals surface area contributed by atoms with Crippen molar-refractivity contribution in [2.75, 3.05) is 13.1 Å². The van der Waals surface area contributed by atoms with Crippen molar-refractivity contribution in [2.45, 2.75) is 52.1 Å². The highest BCUT2D eigenvalue weighted by Crippen LogP contribution is 2.32. The van der Waals surface area contributed by atoms with Gasteiger partial charge in [0, 0.05) is 30.4 Å². The van der Waals surface area contributed by atoms with Gasteiger partial charge < -0.3 is 14.8 Å². The molecular formula is C20H30N4OS. The van der Waals surface area contributed by atoms with E-state index < -0.39 is 0 Å². The Kier molecular flexibility index (Phi) is 6.35. The number of carbonyl (C=O) groups is 1. The topological polar surface area (TPSA) is 50.2 Å². The maximum absolute atomic E-state index is 13.1. The highest BCUT2D eigenvalue weighted by molar-refractivity contribution is 7.10. The first kappa shape index (κ1) is 19.0. The van der Waals surface area contributed by atoms with Crippen LogP contribution in [0.4, 0.5) is 4.79 Å². The molecule has 142 valence electrons. The molecule has 3 atom stereocenters. The first-order chi connectivity index (χ1) is 12.6. The molecule has 2 aromatic heterocycles. The molecule has 1 fully saturated rings. The van der Waals surface area contributed by atoms with Crippen LogP contribution < -0.4 is 5.32 Å². The van der Waals surface area contributed by atoms with Crippen molar-refractivity contribution in [1.29, 1.82) is 0 Å². The molecule has 6 heteroatoms. The number of aromatic nitrogens is 2. The quantitative estimate of drug-likeness (QED) is 0.796. The molecule has 3 heterocycles. The van der Waals surface area contributed by atoms with Crippen LogP contribution in [0.5, 0.6) is 0 Å². The van der Waals surface area contributed by atoms with Crippen molar-refractivity contribution in [3.05, 3.63) is 41.1 Å². The van der Waals surface area contributed by atoms with Gasteiger partial charge in [0.2, 0.25) is 0 Å². The minimum absolute atomic E-state index is 0.0623. The van der Waals surface area contributed by atoms with E-state index in [9.17, 15) is 4.79 Å². The number of amides is 2. The number of likely N-dealkylation sites (tertiary alicyclic amines) is 1. The number of nitrogens with one attached hydrogen (secondary N) is 1. The lowest BCUT2D eigenvalue weighted by Gasteiger charge is -2.38. The molecule has 3 unspecified atom stereocenters. The molecule has 3 rings (SSSR count). The zero-order valence-electron chi connectivity index (χ0n) is 16.0. The summed E-state index contributed by atoms with van der Waals surface area (Å²) in [6.45, 7) is 8.23. The van der Waals surface area contributed by atoms with E-state index in [1.807, 2.05) is 23.6 Å². The van der Waals surface area contributed by atoms with Gasteiger partial charge in [0.1, 0.15) is 0 Å². The summed E-state index contributed by atoms with van der Waals surface area (Å²) in [4.78, 5) is 20.5. The minimum Gasteiger partial charge on any atom is -0.332 e. The van der Waals surface area contributed by atoms with Crippen LogP contribution in [0.2, 0.25) is 0 Å². The summed E-state index contributed by atoms with van der Waals surface area (Å²) in [6.07, 6.45) is 8.82. The van der Waals surface area contributed by atoms with Crippen LogP contribution in [-0.4, -0.2) is 33.6 Å². The zero-order chi connectivity index (χ0) is 18.5. The summed E-state index contributed by atoms with van der Waals surface area (Å²) in [7, 11) is 0. The number of nitrogens with zero attached hydrogens (tertiary/aromatic N) is 3. The van der Waals surface area contributed by atoms with Gasteiger partial charge in [0.15, 0.2) is 0 Å². The van der Waals surface area contributed by atoms with Crippen LogP contribution in [-0.2, 0) is 0 Å². The van der Waals surface area contributed by atoms with Gasteiger partial charge in [0.05, 0.1) is 18.4 Å². The van der Waals surface area contributed by atoms with Crippen LogP contribution in [0, 0.1) is 11.8 Å². The number of hydrogen-bond acceptors (Lipinski definition) is 3. The van der Waals surface area contributed by atoms with Crippen LogP contribution in [0.25, 0.3) is 0 Å². The normalized spacial score (nSPS) is 21.8. The molecule has 1 aliphatic rings. The molecule has 2 amide bonds. The lowest BCUT2D eigenvalue weighted by atomic mass is 9.92. The monoisotopic (exact) mass is 374 g/mol. The number of carbonyl (C=O) groups excluding carboxylic acids is 1. The van der Waals surface area contributed by atoms with E-state index in [0.717, 1.165) is 32.4 Å². The maximum atomic E-state index is 13.1. The Morgan fingerprint density at radius 2 is 2.23 bits per heavy atom. The van der Waals surface area contributed by atoms with Crippen molar-refractivity contribution in [3.63, 3.8) is 0 Å². The van der Waals surface area contributed by atoms with Gasteiger partial charge in [-0.3, -0.25) is 0 Å². The molecule has 5 nitrogen and oxygen atoms in total. The Morgan fingerprint density at radius 3 is 2.85 bits per heavy atom. The Morgan fingerprint density at radius 1 is 1.42 bits per heavy atom. The molecule has 0 spiro atoms. The van der Waals surface area contributed by atoms with Gasteiger partial charge in [-0.05, 0) is 29.7 Å². The summed E-state index contributed by atoms with van der Waals surface area (Å²) in [5.41, 5.74) is 0. The van der Waals surface area contributed by atoms with Crippen molar-refractivity contribution >= 4 is 17.4 Å². The standard InChI is InChI=1S/C20H30N4OS/c1-4-16(5-2)19(18-7-6-12-26-18)22-20(25)23-10-8-15(3)17(13-23)24-11-9-21-14-24/h6-7,9,11-12,14-17,19H,4-5,8,10,13H2,1-3H3,(H,22,25). The summed E-state index contributed by atoms with van der Waals surface area (Å²) in [6, 6.07) is 4.67. The smallest absolute Gasteiger partial charge is 0.317 e. The van der Waals surface area contributed by atoms with Crippen LogP contribution in [0.3, 0.4) is 0 Å². The van der Waals surface area contributed by atoms with Gasteiger partial charge in [-0.25, -0.2) is 9.78 Å². The van der Waals surface area contributed by atoms with Crippen molar-refractivity contribution in [3.8, 4) is 0 Å². The number of hydrogen-bond donors (Lipinski definition) is 1. The molecule has 1 saturated heterocycles. The highest BCUT2D eigenvalue weighted by atomic mass is 32.1. The number of piperidine rings is 1. The van der Waals surface area contributed by atoms with Crippen molar-refractivity contribution in [2.24, 2.45) is 11.8 Å². The predicted octanol–water partition coefficient (Wildman–Crippen LogP) is 4.71. The molecule has 0 saturated carbocycles. The fourth-order valence-electron chi connectivity index (χ4n) is 3.96. The molecule has 2 aromatic rings. The van der Waals surface area contributed by atoms with E-state index in [4.69, 9.17) is 0 Å². The Hall–Kier alpha value is -1.82. The number of imidazole rings is 1. The number of thiophene rings is 1. The fourth-order valence-corrected chi connectivity index (χ4v) is 4.83.